The van der Waals surface area contributed by atoms with E-state index in [0.717, 1.165) is 6.54 Å². The van der Waals surface area contributed by atoms with Gasteiger partial charge >= 0.3 is 0 Å². The van der Waals surface area contributed by atoms with E-state index < -0.39 is 10.0 Å². The van der Waals surface area contributed by atoms with Crippen molar-refractivity contribution in [1.29, 1.82) is 0 Å². The zero-order valence-electron chi connectivity index (χ0n) is 16.2. The third-order valence-electron chi connectivity index (χ3n) is 4.00. The van der Waals surface area contributed by atoms with Gasteiger partial charge in [-0.2, -0.15) is 4.31 Å². The molecular weight excluding hydrogens is 338 g/mol. The maximum atomic E-state index is 12.6. The lowest BCUT2D eigenvalue weighted by atomic mass is 9.93. The Labute approximate surface area is 152 Å². The number of carbonyl (C=O) groups excluding carboxylic acids is 1. The van der Waals surface area contributed by atoms with E-state index in [1.165, 1.54) is 21.3 Å². The van der Waals surface area contributed by atoms with E-state index in [0.29, 0.717) is 25.2 Å². The van der Waals surface area contributed by atoms with Gasteiger partial charge in [0.1, 0.15) is 0 Å². The van der Waals surface area contributed by atoms with E-state index in [4.69, 9.17) is 0 Å². The van der Waals surface area contributed by atoms with Crippen LogP contribution < -0.4 is 10.2 Å². The molecule has 0 fully saturated rings. The van der Waals surface area contributed by atoms with Crippen LogP contribution >= 0.6 is 0 Å². The van der Waals surface area contributed by atoms with Crippen LogP contribution in [-0.4, -0.2) is 58.9 Å². The minimum absolute atomic E-state index is 0.0423. The quantitative estimate of drug-likeness (QED) is 0.669. The van der Waals surface area contributed by atoms with Crippen LogP contribution in [0.4, 0.5) is 0 Å². The Balaban J connectivity index is 2.93. The average Bonchev–Trinajstić information content (AvgIpc) is 2.52. The number of nitrogens with zero attached hydrogens (tertiary/aromatic N) is 1. The lowest BCUT2D eigenvalue weighted by Gasteiger charge is -2.26. The first-order valence-corrected chi connectivity index (χ1v) is 10.1. The van der Waals surface area contributed by atoms with Gasteiger partial charge in [0.15, 0.2) is 0 Å². The summed E-state index contributed by atoms with van der Waals surface area (Å²) in [6, 6.07) is 6.23. The molecule has 1 aromatic rings. The van der Waals surface area contributed by atoms with Crippen molar-refractivity contribution in [3.05, 3.63) is 29.8 Å². The molecule has 0 aliphatic heterocycles. The first-order valence-electron chi connectivity index (χ1n) is 8.71. The molecule has 6 nitrogen and oxygen atoms in total. The molecule has 0 bridgehead atoms. The fraction of sp³-hybridized carbons (Fsp3) is 0.611. The average molecular weight is 371 g/mol. The third kappa shape index (κ3) is 6.09. The Morgan fingerprint density at radius 2 is 1.80 bits per heavy atom. The van der Waals surface area contributed by atoms with E-state index in [-0.39, 0.29) is 16.2 Å². The van der Waals surface area contributed by atoms with Crippen molar-refractivity contribution in [2.45, 2.75) is 32.6 Å². The van der Waals surface area contributed by atoms with Crippen molar-refractivity contribution in [1.82, 2.24) is 9.62 Å². The van der Waals surface area contributed by atoms with Gasteiger partial charge in [-0.05, 0) is 18.2 Å². The number of rotatable bonds is 9. The zero-order chi connectivity index (χ0) is 19.3. The summed E-state index contributed by atoms with van der Waals surface area (Å²) < 4.78 is 26.6. The van der Waals surface area contributed by atoms with Gasteiger partial charge in [-0.3, -0.25) is 4.79 Å². The minimum atomic E-state index is -3.57. The molecule has 25 heavy (non-hydrogen) atoms. The van der Waals surface area contributed by atoms with E-state index in [2.05, 4.69) is 33.3 Å². The van der Waals surface area contributed by atoms with E-state index in [1.54, 1.807) is 26.0 Å². The summed E-state index contributed by atoms with van der Waals surface area (Å²) in [7, 11) is 0.583. The molecule has 0 aliphatic carbocycles. The number of quaternary nitrogens is 1. The van der Waals surface area contributed by atoms with Gasteiger partial charge in [0.25, 0.3) is 5.91 Å². The molecule has 0 saturated heterocycles. The van der Waals surface area contributed by atoms with Gasteiger partial charge in [-0.25, -0.2) is 8.42 Å². The minimum Gasteiger partial charge on any atom is -0.351 e. The number of hydrogen-bond donors (Lipinski definition) is 2. The Hall–Kier alpha value is -1.44. The first kappa shape index (κ1) is 21.6. The smallest absolute Gasteiger partial charge is 0.251 e. The number of sulfonamides is 1. The van der Waals surface area contributed by atoms with Gasteiger partial charge in [0, 0.05) is 30.6 Å². The molecule has 1 amide bonds. The Morgan fingerprint density at radius 3 is 2.32 bits per heavy atom. The maximum Gasteiger partial charge on any atom is 0.251 e. The molecule has 7 heteroatoms. The zero-order valence-corrected chi connectivity index (χ0v) is 17.0. The highest BCUT2D eigenvalue weighted by Gasteiger charge is 2.24. The van der Waals surface area contributed by atoms with Crippen LogP contribution in [0, 0.1) is 5.41 Å². The van der Waals surface area contributed by atoms with Crippen LogP contribution in [-0.2, 0) is 10.0 Å². The first-order chi connectivity index (χ1) is 11.5. The monoisotopic (exact) mass is 370 g/mol. The fourth-order valence-electron chi connectivity index (χ4n) is 2.95. The largest absolute Gasteiger partial charge is 0.351 e. The molecule has 2 N–H and O–H groups in total. The number of hydrogen-bond acceptors (Lipinski definition) is 3. The van der Waals surface area contributed by atoms with Crippen molar-refractivity contribution in [3.8, 4) is 0 Å². The standard InChI is InChI=1S/C18H31N3O3S/c1-7-21(8-2)25(23,24)16-11-9-10-15(12-16)17(22)19-13-18(3,4)14-20(5)6/h9-12H,7-8,13-14H2,1-6H3,(H,19,22)/p+1. The van der Waals surface area contributed by atoms with Crippen LogP contribution in [0.2, 0.25) is 0 Å². The second-order valence-corrected chi connectivity index (χ2v) is 9.29. The summed E-state index contributed by atoms with van der Waals surface area (Å²) in [6.07, 6.45) is 0. The molecular formula is C18H32N3O3S+. The van der Waals surface area contributed by atoms with Crippen molar-refractivity contribution in [2.75, 3.05) is 40.3 Å². The highest BCUT2D eigenvalue weighted by Crippen LogP contribution is 2.17. The maximum absolute atomic E-state index is 12.6. The molecule has 1 aromatic carbocycles. The predicted octanol–water partition coefficient (Wildman–Crippen LogP) is 0.618. The normalized spacial score (nSPS) is 12.6. The van der Waals surface area contributed by atoms with E-state index in [9.17, 15) is 13.2 Å². The van der Waals surface area contributed by atoms with Gasteiger partial charge < -0.3 is 10.2 Å². The molecule has 0 saturated carbocycles. The molecule has 0 aliphatic rings. The summed E-state index contributed by atoms with van der Waals surface area (Å²) in [5.74, 6) is -0.251. The van der Waals surface area contributed by atoms with Crippen LogP contribution in [0.3, 0.4) is 0 Å². The van der Waals surface area contributed by atoms with Crippen LogP contribution in [0.15, 0.2) is 29.2 Å². The van der Waals surface area contributed by atoms with Gasteiger partial charge in [0.2, 0.25) is 10.0 Å². The Morgan fingerprint density at radius 1 is 1.20 bits per heavy atom. The molecule has 0 spiro atoms. The summed E-state index contributed by atoms with van der Waals surface area (Å²) in [5.41, 5.74) is 0.320. The van der Waals surface area contributed by atoms with Gasteiger partial charge in [0.05, 0.1) is 25.5 Å². The lowest BCUT2D eigenvalue weighted by molar-refractivity contribution is -0.865. The molecule has 0 atom stereocenters. The number of benzene rings is 1. The molecule has 142 valence electrons. The van der Waals surface area contributed by atoms with Crippen LogP contribution in [0.25, 0.3) is 0 Å². The summed E-state index contributed by atoms with van der Waals surface area (Å²) >= 11 is 0. The number of nitrogens with one attached hydrogen (secondary N) is 2. The second-order valence-electron chi connectivity index (χ2n) is 7.35. The highest BCUT2D eigenvalue weighted by molar-refractivity contribution is 7.89. The van der Waals surface area contributed by atoms with Crippen molar-refractivity contribution in [3.63, 3.8) is 0 Å². The lowest BCUT2D eigenvalue weighted by Crippen LogP contribution is -3.07. The van der Waals surface area contributed by atoms with E-state index in [1.807, 2.05) is 0 Å². The molecule has 0 heterocycles. The van der Waals surface area contributed by atoms with Crippen molar-refractivity contribution < 1.29 is 18.1 Å². The van der Waals surface area contributed by atoms with Gasteiger partial charge in [-0.1, -0.05) is 33.8 Å². The van der Waals surface area contributed by atoms with Gasteiger partial charge in [-0.15, -0.1) is 0 Å². The van der Waals surface area contributed by atoms with Crippen LogP contribution in [0.5, 0.6) is 0 Å². The van der Waals surface area contributed by atoms with Crippen LogP contribution in [0.1, 0.15) is 38.1 Å². The number of carbonyl (C=O) groups is 1. The van der Waals surface area contributed by atoms with Crippen molar-refractivity contribution in [2.24, 2.45) is 5.41 Å². The summed E-state index contributed by atoms with van der Waals surface area (Å²) in [4.78, 5) is 13.9. The number of amides is 1. The predicted molar refractivity (Wildman–Crippen MR) is 100 cm³/mol. The molecule has 0 unspecified atom stereocenters. The third-order valence-corrected chi connectivity index (χ3v) is 6.04. The molecule has 0 radical (unpaired) electrons. The molecule has 1 rings (SSSR count). The Bertz CT molecular complexity index is 681. The second kappa shape index (κ2) is 8.78. The summed E-state index contributed by atoms with van der Waals surface area (Å²) in [5, 5.41) is 2.92. The fourth-order valence-corrected chi connectivity index (χ4v) is 4.46. The Kier molecular flexibility index (Phi) is 7.59. The molecule has 0 aromatic heterocycles. The summed E-state index contributed by atoms with van der Waals surface area (Å²) in [6.45, 7) is 10.0. The highest BCUT2D eigenvalue weighted by atomic mass is 32.2. The topological polar surface area (TPSA) is 70.9 Å². The van der Waals surface area contributed by atoms with E-state index >= 15 is 0 Å². The van der Waals surface area contributed by atoms with Crippen molar-refractivity contribution >= 4 is 15.9 Å². The SMILES string of the molecule is CCN(CC)S(=O)(=O)c1cccc(C(=O)NCC(C)(C)C[NH+](C)C)c1.